The summed E-state index contributed by atoms with van der Waals surface area (Å²) in [5.74, 6) is -1.31. The Kier molecular flexibility index (Phi) is 7.60. The summed E-state index contributed by atoms with van der Waals surface area (Å²) in [4.78, 5) is 25.2. The van der Waals surface area contributed by atoms with E-state index in [1.54, 1.807) is 17.6 Å². The number of nitrogens with one attached hydrogen (secondary N) is 2. The number of hydrogen-bond acceptors (Lipinski definition) is 6. The minimum Gasteiger partial charge on any atom is -0.349 e. The van der Waals surface area contributed by atoms with Crippen LogP contribution in [-0.4, -0.2) is 44.2 Å². The lowest BCUT2D eigenvalue weighted by Crippen LogP contribution is -2.35. The van der Waals surface area contributed by atoms with Crippen molar-refractivity contribution >= 4 is 67.9 Å². The van der Waals surface area contributed by atoms with Crippen LogP contribution in [0, 0.1) is 25.5 Å². The van der Waals surface area contributed by atoms with Gasteiger partial charge in [0.15, 0.2) is 0 Å². The van der Waals surface area contributed by atoms with Gasteiger partial charge in [-0.1, -0.05) is 22.9 Å². The monoisotopic (exact) mass is 704 g/mol. The molecule has 0 unspecified atom stereocenters. The number of thiophene rings is 1. The van der Waals surface area contributed by atoms with Crippen LogP contribution in [0.25, 0.3) is 42.8 Å². The van der Waals surface area contributed by atoms with Crippen LogP contribution >= 0.6 is 34.3 Å². The normalized spacial score (nSPS) is 14.5. The molecule has 8 rings (SSSR count). The van der Waals surface area contributed by atoms with E-state index in [0.717, 1.165) is 33.0 Å². The molecule has 0 radical (unpaired) electrons. The first-order valence-corrected chi connectivity index (χ1v) is 16.2. The van der Waals surface area contributed by atoms with Crippen LogP contribution in [0.2, 0.25) is 4.34 Å². The average molecular weight is 705 g/mol. The molecule has 6 aromatic rings. The van der Waals surface area contributed by atoms with Crippen molar-refractivity contribution in [2.45, 2.75) is 33.1 Å². The van der Waals surface area contributed by atoms with Crippen molar-refractivity contribution < 1.29 is 31.5 Å². The Labute approximate surface area is 275 Å². The summed E-state index contributed by atoms with van der Waals surface area (Å²) in [6.45, 7) is 5.64. The second kappa shape index (κ2) is 11.4. The van der Waals surface area contributed by atoms with Gasteiger partial charge in [0.25, 0.3) is 11.8 Å². The third-order valence-electron chi connectivity index (χ3n) is 8.16. The van der Waals surface area contributed by atoms with Crippen molar-refractivity contribution in [2.24, 2.45) is 0 Å². The number of rotatable bonds is 2. The summed E-state index contributed by atoms with van der Waals surface area (Å²) in [6.07, 6.45) is -4.61. The maximum Gasteiger partial charge on any atom is 0.445 e. The van der Waals surface area contributed by atoms with E-state index >= 15 is 0 Å². The highest BCUT2D eigenvalue weighted by Crippen LogP contribution is 2.41. The van der Waals surface area contributed by atoms with Gasteiger partial charge < -0.3 is 19.8 Å². The standard InChI is InChI=1S/C16H12ClFN2OS.C15H10F4N4OS/c1-8-10-6-9(18)7-11(12-2-3-13(17)22-12)15(10)20-5-4-19-16(21)14(8)20;1-6-8-4-7(16)5-9(13-21-22-14(25-13)15(17,18)19)11(8)23-3-2-20-12(24)10(6)23/h2-3,6-7H,4-5H2,1H3,(H,19,21);4-5H,2-3H2,1H3,(H,20,24). The number of amides is 2. The molecule has 2 aliphatic rings. The Morgan fingerprint density at radius 1 is 0.787 bits per heavy atom. The van der Waals surface area contributed by atoms with Crippen molar-refractivity contribution in [1.82, 2.24) is 30.0 Å². The summed E-state index contributed by atoms with van der Waals surface area (Å²) in [5, 5.41) is 12.4. The van der Waals surface area contributed by atoms with Crippen LogP contribution in [0.15, 0.2) is 36.4 Å². The first-order valence-electron chi connectivity index (χ1n) is 14.2. The molecule has 0 spiro atoms. The van der Waals surface area contributed by atoms with E-state index in [2.05, 4.69) is 20.8 Å². The number of nitrogens with zero attached hydrogens (tertiary/aromatic N) is 4. The van der Waals surface area contributed by atoms with Gasteiger partial charge in [-0.2, -0.15) is 13.2 Å². The number of hydrogen-bond donors (Lipinski definition) is 2. The number of alkyl halides is 3. The largest absolute Gasteiger partial charge is 0.445 e. The van der Waals surface area contributed by atoms with E-state index in [0.29, 0.717) is 69.7 Å². The molecule has 2 amide bonds. The average Bonchev–Trinajstić information content (AvgIpc) is 3.79. The Morgan fingerprint density at radius 3 is 1.81 bits per heavy atom. The zero-order valence-electron chi connectivity index (χ0n) is 24.5. The number of aromatic nitrogens is 4. The first kappa shape index (κ1) is 31.3. The van der Waals surface area contributed by atoms with Gasteiger partial charge in [-0.25, -0.2) is 8.78 Å². The molecule has 0 bridgehead atoms. The summed E-state index contributed by atoms with van der Waals surface area (Å²) >= 11 is 7.79. The minimum absolute atomic E-state index is 0.0388. The predicted molar refractivity (Wildman–Crippen MR) is 170 cm³/mol. The Morgan fingerprint density at radius 2 is 1.32 bits per heavy atom. The van der Waals surface area contributed by atoms with Crippen molar-refractivity contribution in [3.05, 3.63) is 79.9 Å². The van der Waals surface area contributed by atoms with E-state index in [-0.39, 0.29) is 28.2 Å². The van der Waals surface area contributed by atoms with E-state index in [4.69, 9.17) is 11.6 Å². The molecular formula is C31H22ClF5N6O2S2. The SMILES string of the molecule is Cc1c2n(c3c(-c4ccc(Cl)s4)cc(F)cc13)CCNC2=O.Cc1c2n(c3c(-c4nnc(C(F)(F)F)s4)cc(F)cc13)CCNC2=O. The summed E-state index contributed by atoms with van der Waals surface area (Å²) < 4.78 is 71.0. The van der Waals surface area contributed by atoms with Gasteiger partial charge in [0.2, 0.25) is 5.01 Å². The lowest BCUT2D eigenvalue weighted by molar-refractivity contribution is -0.138. The van der Waals surface area contributed by atoms with Gasteiger partial charge in [-0.15, -0.1) is 21.5 Å². The number of carbonyl (C=O) groups excluding carboxylic acids is 2. The van der Waals surface area contributed by atoms with Crippen molar-refractivity contribution in [3.63, 3.8) is 0 Å². The Hall–Kier alpha value is -4.34. The highest BCUT2D eigenvalue weighted by atomic mass is 35.5. The molecule has 2 aliphatic heterocycles. The maximum absolute atomic E-state index is 14.1. The molecule has 16 heteroatoms. The quantitative estimate of drug-likeness (QED) is 0.182. The molecule has 0 saturated heterocycles. The summed E-state index contributed by atoms with van der Waals surface area (Å²) in [7, 11) is 0. The number of carbonyl (C=O) groups is 2. The number of aryl methyl sites for hydroxylation is 2. The zero-order chi connectivity index (χ0) is 33.4. The molecule has 242 valence electrons. The lowest BCUT2D eigenvalue weighted by atomic mass is 10.1. The van der Waals surface area contributed by atoms with Gasteiger partial charge in [-0.3, -0.25) is 9.59 Å². The molecule has 47 heavy (non-hydrogen) atoms. The molecule has 4 aromatic heterocycles. The molecule has 0 fully saturated rings. The topological polar surface area (TPSA) is 93.8 Å². The zero-order valence-corrected chi connectivity index (χ0v) is 26.9. The van der Waals surface area contributed by atoms with Crippen LogP contribution in [0.4, 0.5) is 22.0 Å². The molecule has 0 atom stereocenters. The van der Waals surface area contributed by atoms with E-state index < -0.39 is 17.0 Å². The molecule has 2 aromatic carbocycles. The fraction of sp³-hybridized carbons (Fsp3) is 0.226. The number of benzene rings is 2. The van der Waals surface area contributed by atoms with Crippen molar-refractivity contribution in [3.8, 4) is 21.0 Å². The third kappa shape index (κ3) is 5.26. The van der Waals surface area contributed by atoms with Crippen LogP contribution < -0.4 is 10.6 Å². The molecular weight excluding hydrogens is 683 g/mol. The maximum atomic E-state index is 14.1. The van der Waals surface area contributed by atoms with Gasteiger partial charge in [0.05, 0.1) is 15.4 Å². The second-order valence-electron chi connectivity index (χ2n) is 11.0. The summed E-state index contributed by atoms with van der Waals surface area (Å²) in [6, 6.07) is 9.11. The fourth-order valence-electron chi connectivity index (χ4n) is 6.25. The molecule has 6 heterocycles. The van der Waals surface area contributed by atoms with Crippen molar-refractivity contribution in [1.29, 1.82) is 0 Å². The highest BCUT2D eigenvalue weighted by molar-refractivity contribution is 7.19. The Balaban J connectivity index is 0.000000151. The molecule has 0 saturated carbocycles. The van der Waals surface area contributed by atoms with E-state index in [1.807, 2.05) is 17.6 Å². The molecule has 8 nitrogen and oxygen atoms in total. The van der Waals surface area contributed by atoms with E-state index in [1.165, 1.54) is 29.5 Å². The first-order chi connectivity index (χ1) is 22.3. The van der Waals surface area contributed by atoms with E-state index in [9.17, 15) is 31.5 Å². The molecule has 0 aliphatic carbocycles. The smallest absolute Gasteiger partial charge is 0.349 e. The van der Waals surface area contributed by atoms with Crippen LogP contribution in [0.1, 0.15) is 37.1 Å². The third-order valence-corrected chi connectivity index (χ3v) is 10.4. The van der Waals surface area contributed by atoms with Gasteiger partial charge >= 0.3 is 6.18 Å². The number of fused-ring (bicyclic) bond motifs is 6. The van der Waals surface area contributed by atoms with Crippen molar-refractivity contribution in [2.75, 3.05) is 13.1 Å². The highest BCUT2D eigenvalue weighted by Gasteiger charge is 2.36. The minimum atomic E-state index is -4.61. The van der Waals surface area contributed by atoms with Gasteiger partial charge in [0.1, 0.15) is 28.0 Å². The predicted octanol–water partition coefficient (Wildman–Crippen LogP) is 7.58. The Bertz CT molecular complexity index is 2270. The van der Waals surface area contributed by atoms with Gasteiger partial charge in [0, 0.05) is 53.0 Å². The lowest BCUT2D eigenvalue weighted by Gasteiger charge is -2.18. The second-order valence-corrected chi connectivity index (χ2v) is 13.7. The fourth-order valence-corrected chi connectivity index (χ4v) is 8.04. The van der Waals surface area contributed by atoms with Gasteiger partial charge in [-0.05, 0) is 61.4 Å². The van der Waals surface area contributed by atoms with Crippen LogP contribution in [0.3, 0.4) is 0 Å². The molecule has 2 N–H and O–H groups in total. The number of halogens is 6. The van der Waals surface area contributed by atoms with Crippen LogP contribution in [0.5, 0.6) is 0 Å². The van der Waals surface area contributed by atoms with Crippen LogP contribution in [-0.2, 0) is 19.3 Å². The summed E-state index contributed by atoms with van der Waals surface area (Å²) in [5.41, 5.74) is 4.78.